The Kier molecular flexibility index (Phi) is 4.20. The Morgan fingerprint density at radius 1 is 1.32 bits per heavy atom. The van der Waals surface area contributed by atoms with Crippen LogP contribution in [0.2, 0.25) is 0 Å². The minimum Gasteiger partial charge on any atom is -0.309 e. The molecule has 2 aromatic rings. The summed E-state index contributed by atoms with van der Waals surface area (Å²) in [5.41, 5.74) is 3.59. The normalized spacial score (nSPS) is 19.5. The number of benzene rings is 1. The van der Waals surface area contributed by atoms with E-state index in [1.165, 1.54) is 35.5 Å². The quantitative estimate of drug-likeness (QED) is 0.899. The third kappa shape index (κ3) is 3.19. The lowest BCUT2D eigenvalue weighted by Gasteiger charge is -2.22. The third-order valence-electron chi connectivity index (χ3n) is 3.52. The van der Waals surface area contributed by atoms with E-state index in [0.717, 1.165) is 12.2 Å². The monoisotopic (exact) mass is 273 g/mol. The van der Waals surface area contributed by atoms with Crippen molar-refractivity contribution in [2.45, 2.75) is 25.4 Å². The Hall–Kier alpha value is -1.26. The van der Waals surface area contributed by atoms with Gasteiger partial charge in [0.2, 0.25) is 0 Å². The number of thioether (sulfide) groups is 1. The van der Waals surface area contributed by atoms with Crippen LogP contribution in [0.15, 0.2) is 36.5 Å². The van der Waals surface area contributed by atoms with Gasteiger partial charge in [-0.15, -0.1) is 0 Å². The molecule has 1 atom stereocenters. The Labute approximate surface area is 118 Å². The van der Waals surface area contributed by atoms with Crippen molar-refractivity contribution in [1.29, 1.82) is 0 Å². The topological polar surface area (TPSA) is 40.7 Å². The molecule has 100 valence electrons. The van der Waals surface area contributed by atoms with Crippen LogP contribution in [0.3, 0.4) is 0 Å². The van der Waals surface area contributed by atoms with Gasteiger partial charge in [0.25, 0.3) is 0 Å². The van der Waals surface area contributed by atoms with Crippen LogP contribution in [0, 0.1) is 0 Å². The molecule has 4 heteroatoms. The number of nitrogens with one attached hydrogen (secondary N) is 2. The fourth-order valence-electron chi connectivity index (χ4n) is 2.46. The summed E-state index contributed by atoms with van der Waals surface area (Å²) in [5, 5.41) is 11.0. The fourth-order valence-corrected chi connectivity index (χ4v) is 3.56. The minimum atomic E-state index is 0.650. The number of aromatic amines is 1. The van der Waals surface area contributed by atoms with Crippen LogP contribution in [0.5, 0.6) is 0 Å². The van der Waals surface area contributed by atoms with E-state index in [1.54, 1.807) is 0 Å². The van der Waals surface area contributed by atoms with Crippen molar-refractivity contribution >= 4 is 11.8 Å². The highest BCUT2D eigenvalue weighted by atomic mass is 32.2. The number of nitrogens with zero attached hydrogens (tertiary/aromatic N) is 1. The first kappa shape index (κ1) is 12.8. The van der Waals surface area contributed by atoms with Crippen LogP contribution in [-0.4, -0.2) is 27.7 Å². The summed E-state index contributed by atoms with van der Waals surface area (Å²) in [6.45, 7) is 0.895. The molecule has 0 saturated carbocycles. The van der Waals surface area contributed by atoms with Gasteiger partial charge in [-0.2, -0.15) is 16.9 Å². The Morgan fingerprint density at radius 2 is 2.21 bits per heavy atom. The van der Waals surface area contributed by atoms with Gasteiger partial charge < -0.3 is 5.32 Å². The highest BCUT2D eigenvalue weighted by Gasteiger charge is 2.14. The molecular weight excluding hydrogens is 254 g/mol. The van der Waals surface area contributed by atoms with Crippen molar-refractivity contribution in [2.24, 2.45) is 0 Å². The molecule has 1 fully saturated rings. The molecule has 0 amide bonds. The summed E-state index contributed by atoms with van der Waals surface area (Å²) in [4.78, 5) is 0. The maximum atomic E-state index is 4.19. The van der Waals surface area contributed by atoms with Crippen LogP contribution in [0.1, 0.15) is 18.4 Å². The van der Waals surface area contributed by atoms with Gasteiger partial charge in [0.15, 0.2) is 0 Å². The van der Waals surface area contributed by atoms with Gasteiger partial charge in [-0.05, 0) is 24.2 Å². The Bertz CT molecular complexity index is 503. The molecule has 1 aromatic heterocycles. The van der Waals surface area contributed by atoms with E-state index < -0.39 is 0 Å². The first-order valence-electron chi connectivity index (χ1n) is 6.82. The summed E-state index contributed by atoms with van der Waals surface area (Å²) >= 11 is 2.05. The lowest BCUT2D eigenvalue weighted by molar-refractivity contribution is 0.508. The van der Waals surface area contributed by atoms with E-state index in [2.05, 4.69) is 51.5 Å². The molecule has 1 aromatic carbocycles. The van der Waals surface area contributed by atoms with Gasteiger partial charge in [0.1, 0.15) is 0 Å². The molecule has 0 unspecified atom stereocenters. The summed E-state index contributed by atoms with van der Waals surface area (Å²) in [6.07, 6.45) is 4.57. The molecule has 1 aliphatic heterocycles. The first-order chi connectivity index (χ1) is 9.43. The number of H-pyrrole nitrogens is 1. The van der Waals surface area contributed by atoms with E-state index >= 15 is 0 Å². The largest absolute Gasteiger partial charge is 0.309 e. The number of aromatic nitrogens is 2. The van der Waals surface area contributed by atoms with Crippen LogP contribution in [0.25, 0.3) is 11.3 Å². The van der Waals surface area contributed by atoms with E-state index in [-0.39, 0.29) is 0 Å². The molecular formula is C15H19N3S. The second kappa shape index (κ2) is 6.26. The second-order valence-corrected chi connectivity index (χ2v) is 6.08. The van der Waals surface area contributed by atoms with Gasteiger partial charge in [0.05, 0.1) is 11.9 Å². The van der Waals surface area contributed by atoms with Crippen LogP contribution < -0.4 is 5.32 Å². The zero-order chi connectivity index (χ0) is 12.9. The maximum Gasteiger partial charge on any atom is 0.0695 e. The SMILES string of the molecule is c1ccc(-c2[nH]ncc2CN[C@@H]2CCCSC2)cc1. The van der Waals surface area contributed by atoms with Crippen molar-refractivity contribution in [3.63, 3.8) is 0 Å². The van der Waals surface area contributed by atoms with Gasteiger partial charge in [-0.1, -0.05) is 30.3 Å². The highest BCUT2D eigenvalue weighted by Crippen LogP contribution is 2.22. The van der Waals surface area contributed by atoms with E-state index in [0.29, 0.717) is 6.04 Å². The van der Waals surface area contributed by atoms with Gasteiger partial charge in [-0.3, -0.25) is 5.10 Å². The third-order valence-corrected chi connectivity index (χ3v) is 4.74. The number of hydrogen-bond acceptors (Lipinski definition) is 3. The molecule has 0 bridgehead atoms. The van der Waals surface area contributed by atoms with E-state index in [9.17, 15) is 0 Å². The molecule has 0 radical (unpaired) electrons. The van der Waals surface area contributed by atoms with Crippen LogP contribution >= 0.6 is 11.8 Å². The summed E-state index contributed by atoms with van der Waals surface area (Å²) in [6, 6.07) is 11.0. The molecule has 19 heavy (non-hydrogen) atoms. The Morgan fingerprint density at radius 3 is 3.00 bits per heavy atom. The lowest BCUT2D eigenvalue weighted by Crippen LogP contribution is -2.33. The van der Waals surface area contributed by atoms with Gasteiger partial charge in [-0.25, -0.2) is 0 Å². The van der Waals surface area contributed by atoms with Crippen LogP contribution in [0.4, 0.5) is 0 Å². The summed E-state index contributed by atoms with van der Waals surface area (Å²) in [7, 11) is 0. The zero-order valence-corrected chi connectivity index (χ0v) is 11.7. The van der Waals surface area contributed by atoms with Gasteiger partial charge >= 0.3 is 0 Å². The first-order valence-corrected chi connectivity index (χ1v) is 7.98. The van der Waals surface area contributed by atoms with Crippen molar-refractivity contribution in [1.82, 2.24) is 15.5 Å². The predicted octanol–water partition coefficient (Wildman–Crippen LogP) is 3.06. The molecule has 2 N–H and O–H groups in total. The molecule has 2 heterocycles. The number of rotatable bonds is 4. The average Bonchev–Trinajstić information content (AvgIpc) is 2.95. The van der Waals surface area contributed by atoms with E-state index in [1.807, 2.05) is 12.3 Å². The van der Waals surface area contributed by atoms with Gasteiger partial charge in [0, 0.05) is 23.9 Å². The highest BCUT2D eigenvalue weighted by molar-refractivity contribution is 7.99. The molecule has 0 aliphatic carbocycles. The van der Waals surface area contributed by atoms with E-state index in [4.69, 9.17) is 0 Å². The summed E-state index contributed by atoms with van der Waals surface area (Å²) < 4.78 is 0. The molecule has 0 spiro atoms. The minimum absolute atomic E-state index is 0.650. The fraction of sp³-hybridized carbons (Fsp3) is 0.400. The van der Waals surface area contributed by atoms with Crippen molar-refractivity contribution < 1.29 is 0 Å². The average molecular weight is 273 g/mol. The standard InChI is InChI=1S/C15H19N3S/c1-2-5-12(6-3-1)15-13(10-17-18-15)9-16-14-7-4-8-19-11-14/h1-3,5-6,10,14,16H,4,7-9,11H2,(H,17,18)/t14-/m1/s1. The second-order valence-electron chi connectivity index (χ2n) is 4.93. The molecule has 1 saturated heterocycles. The molecule has 3 nitrogen and oxygen atoms in total. The maximum absolute atomic E-state index is 4.19. The van der Waals surface area contributed by atoms with Crippen LogP contribution in [-0.2, 0) is 6.54 Å². The van der Waals surface area contributed by atoms with Crippen molar-refractivity contribution in [3.05, 3.63) is 42.1 Å². The van der Waals surface area contributed by atoms with Crippen molar-refractivity contribution in [2.75, 3.05) is 11.5 Å². The molecule has 3 rings (SSSR count). The lowest BCUT2D eigenvalue weighted by atomic mass is 10.1. The smallest absolute Gasteiger partial charge is 0.0695 e. The predicted molar refractivity (Wildman–Crippen MR) is 81.2 cm³/mol. The molecule has 1 aliphatic rings. The number of hydrogen-bond donors (Lipinski definition) is 2. The van der Waals surface area contributed by atoms with Crippen molar-refractivity contribution in [3.8, 4) is 11.3 Å². The summed E-state index contributed by atoms with van der Waals surface area (Å²) in [5.74, 6) is 2.55. The Balaban J connectivity index is 1.67. The zero-order valence-electron chi connectivity index (χ0n) is 10.9.